The van der Waals surface area contributed by atoms with Gasteiger partial charge in [-0.2, -0.15) is 12.2 Å². The van der Waals surface area contributed by atoms with Crippen molar-refractivity contribution in [2.75, 3.05) is 0 Å². The van der Waals surface area contributed by atoms with Gasteiger partial charge in [0.15, 0.2) is 0 Å². The predicted octanol–water partition coefficient (Wildman–Crippen LogP) is 6.34. The third kappa shape index (κ3) is 13.6. The van der Waals surface area contributed by atoms with Crippen LogP contribution in [0.15, 0.2) is 35.5 Å². The molecule has 0 heterocycles. The first-order valence-corrected chi connectivity index (χ1v) is 11.2. The van der Waals surface area contributed by atoms with Crippen LogP contribution < -0.4 is 0 Å². The number of rotatable bonds is 2. The molecule has 4 heteroatoms. The van der Waals surface area contributed by atoms with Crippen LogP contribution in [0.5, 0.6) is 0 Å². The predicted molar refractivity (Wildman–Crippen MR) is 90.8 cm³/mol. The van der Waals surface area contributed by atoms with Gasteiger partial charge in [-0.15, -0.1) is 48.8 Å². The summed E-state index contributed by atoms with van der Waals surface area (Å²) in [6.45, 7) is 6.53. The van der Waals surface area contributed by atoms with E-state index < -0.39 is 6.69 Å². The fraction of sp³-hybridized carbons (Fsp3) is 0.500. The summed E-state index contributed by atoms with van der Waals surface area (Å²) in [6, 6.07) is 1.93. The van der Waals surface area contributed by atoms with Crippen LogP contribution in [0.2, 0.25) is 12.1 Å². The average molecular weight is 407 g/mol. The zero-order chi connectivity index (χ0) is 14.7. The summed E-state index contributed by atoms with van der Waals surface area (Å²) in [5, 5.41) is 0. The van der Waals surface area contributed by atoms with Crippen molar-refractivity contribution in [3.8, 4) is 0 Å². The Morgan fingerprint density at radius 2 is 1.30 bits per heavy atom. The molecule has 2 rings (SSSR count). The monoisotopic (exact) mass is 404 g/mol. The van der Waals surface area contributed by atoms with Crippen LogP contribution in [-0.4, -0.2) is 6.69 Å². The Morgan fingerprint density at radius 3 is 1.35 bits per heavy atom. The van der Waals surface area contributed by atoms with Gasteiger partial charge in [0.05, 0.1) is 0 Å². The third-order valence-corrected chi connectivity index (χ3v) is 8.05. The van der Waals surface area contributed by atoms with Crippen LogP contribution in [0.3, 0.4) is 0 Å². The van der Waals surface area contributed by atoms with Gasteiger partial charge in [-0.25, -0.2) is 23.3 Å². The van der Waals surface area contributed by atoms with Crippen molar-refractivity contribution >= 4 is 28.9 Å². The fourth-order valence-electron chi connectivity index (χ4n) is 1.25. The van der Waals surface area contributed by atoms with E-state index in [4.69, 9.17) is 22.2 Å². The van der Waals surface area contributed by atoms with Crippen molar-refractivity contribution in [1.82, 2.24) is 0 Å². The second-order valence-electron chi connectivity index (χ2n) is 4.56. The molecule has 0 aromatic heterocycles. The van der Waals surface area contributed by atoms with Gasteiger partial charge in [0, 0.05) is 0 Å². The molecule has 0 N–H and O–H groups in total. The second-order valence-corrected chi connectivity index (χ2v) is 12.6. The molecule has 0 nitrogen and oxygen atoms in total. The Hall–Kier alpha value is 0.640. The van der Waals surface area contributed by atoms with Crippen LogP contribution in [0.1, 0.15) is 40.5 Å². The van der Waals surface area contributed by atoms with E-state index in [1.54, 1.807) is 0 Å². The van der Waals surface area contributed by atoms with Crippen molar-refractivity contribution in [2.24, 2.45) is 0 Å². The molecule has 0 bridgehead atoms. The fourth-order valence-corrected chi connectivity index (χ4v) is 1.75. The van der Waals surface area contributed by atoms with Gasteiger partial charge in [-0.3, -0.25) is 12.2 Å². The van der Waals surface area contributed by atoms with Gasteiger partial charge in [0.1, 0.15) is 0 Å². The van der Waals surface area contributed by atoms with Gasteiger partial charge in [0.25, 0.3) is 6.69 Å². The SMILES string of the molecule is CC1=CC[C-]=C1.CC1=CC[C-]=C1.CC[Si](Cl)(Cl)CC.[Zr+2]. The normalized spacial score (nSPS) is 15.3. The molecule has 0 aromatic rings. The molecule has 0 aliphatic heterocycles. The molecule has 20 heavy (non-hydrogen) atoms. The van der Waals surface area contributed by atoms with Crippen molar-refractivity contribution in [1.29, 1.82) is 0 Å². The zero-order valence-corrected chi connectivity index (χ0v) is 17.9. The zero-order valence-electron chi connectivity index (χ0n) is 12.9. The number of hydrogen-bond donors (Lipinski definition) is 0. The molecule has 2 aliphatic rings. The maximum Gasteiger partial charge on any atom is 2.00 e. The van der Waals surface area contributed by atoms with Crippen molar-refractivity contribution in [3.63, 3.8) is 0 Å². The summed E-state index contributed by atoms with van der Waals surface area (Å²) in [7, 11) is 0. The molecule has 0 saturated heterocycles. The first kappa shape index (κ1) is 22.9. The van der Waals surface area contributed by atoms with E-state index >= 15 is 0 Å². The third-order valence-electron chi connectivity index (χ3n) is 2.78. The summed E-state index contributed by atoms with van der Waals surface area (Å²) in [6.07, 6.45) is 16.5. The first-order chi connectivity index (χ1) is 8.91. The maximum absolute atomic E-state index is 5.81. The Balaban J connectivity index is 0. The number of halogens is 2. The first-order valence-electron chi connectivity index (χ1n) is 6.75. The molecule has 0 fully saturated rings. The van der Waals surface area contributed by atoms with Gasteiger partial charge in [0.2, 0.25) is 0 Å². The number of allylic oxidation sites excluding steroid dienone is 8. The Labute approximate surface area is 154 Å². The smallest absolute Gasteiger partial charge is 0.273 e. The van der Waals surface area contributed by atoms with Crippen LogP contribution >= 0.6 is 22.2 Å². The Morgan fingerprint density at radius 1 is 0.950 bits per heavy atom. The van der Waals surface area contributed by atoms with E-state index in [0.717, 1.165) is 24.9 Å². The van der Waals surface area contributed by atoms with Gasteiger partial charge in [-0.05, 0) is 12.1 Å². The Bertz CT molecular complexity index is 329. The average Bonchev–Trinajstić information content (AvgIpc) is 3.04. The van der Waals surface area contributed by atoms with Crippen molar-refractivity contribution in [2.45, 2.75) is 52.6 Å². The molecule has 0 radical (unpaired) electrons. The van der Waals surface area contributed by atoms with E-state index in [1.807, 2.05) is 26.0 Å². The molecule has 110 valence electrons. The van der Waals surface area contributed by atoms with E-state index in [-0.39, 0.29) is 26.2 Å². The molecular weight excluding hydrogens is 382 g/mol. The molecule has 0 amide bonds. The summed E-state index contributed by atoms with van der Waals surface area (Å²) < 4.78 is 0. The largest absolute Gasteiger partial charge is 2.00 e. The van der Waals surface area contributed by atoms with Gasteiger partial charge < -0.3 is 0 Å². The van der Waals surface area contributed by atoms with E-state index in [9.17, 15) is 0 Å². The summed E-state index contributed by atoms with van der Waals surface area (Å²) in [5.41, 5.74) is 2.69. The van der Waals surface area contributed by atoms with Gasteiger partial charge in [-0.1, -0.05) is 13.8 Å². The second kappa shape index (κ2) is 13.3. The van der Waals surface area contributed by atoms with Crippen LogP contribution in [0, 0.1) is 12.2 Å². The minimum atomic E-state index is -1.71. The van der Waals surface area contributed by atoms with E-state index in [0.29, 0.717) is 0 Å². The molecule has 0 atom stereocenters. The van der Waals surface area contributed by atoms with Gasteiger partial charge >= 0.3 is 26.2 Å². The minimum Gasteiger partial charge on any atom is -0.273 e. The molecule has 0 saturated carbocycles. The van der Waals surface area contributed by atoms with Crippen LogP contribution in [0.25, 0.3) is 0 Å². The Kier molecular flexibility index (Phi) is 15.3. The topological polar surface area (TPSA) is 0 Å². The minimum absolute atomic E-state index is 0. The van der Waals surface area contributed by atoms with Crippen LogP contribution in [-0.2, 0) is 26.2 Å². The quantitative estimate of drug-likeness (QED) is 0.285. The van der Waals surface area contributed by atoms with E-state index in [1.165, 1.54) is 11.1 Å². The maximum atomic E-state index is 5.81. The molecule has 0 aromatic carbocycles. The van der Waals surface area contributed by atoms with Crippen molar-refractivity contribution < 1.29 is 26.2 Å². The van der Waals surface area contributed by atoms with Crippen molar-refractivity contribution in [3.05, 3.63) is 47.6 Å². The summed E-state index contributed by atoms with van der Waals surface area (Å²) in [4.78, 5) is 0. The molecule has 0 unspecified atom stereocenters. The molecule has 0 spiro atoms. The number of hydrogen-bond acceptors (Lipinski definition) is 0. The summed E-state index contributed by atoms with van der Waals surface area (Å²) >= 11 is 11.6. The standard InChI is InChI=1S/2C6H7.C4H10Cl2Si.Zr/c2*1-6-4-2-3-5-6;1-3-7(5,6)4-2;/h2*4-5H,2H2,1H3;3-4H2,1-2H3;/q2*-1;;+2. The summed E-state index contributed by atoms with van der Waals surface area (Å²) in [5.74, 6) is 0. The molecule has 2 aliphatic carbocycles. The van der Waals surface area contributed by atoms with E-state index in [2.05, 4.69) is 38.2 Å². The molecular formula is C16H24Cl2SiZr. The van der Waals surface area contributed by atoms with Crippen LogP contribution in [0.4, 0.5) is 0 Å².